The van der Waals surface area contributed by atoms with Gasteiger partial charge in [-0.25, -0.2) is 8.37 Å². The van der Waals surface area contributed by atoms with E-state index >= 15 is 0 Å². The van der Waals surface area contributed by atoms with E-state index in [1.54, 1.807) is 4.72 Å². The molecule has 1 heterocycles. The Morgan fingerprint density at radius 3 is 2.09 bits per heavy atom. The monoisotopic (exact) mass is 401 g/mol. The lowest BCUT2D eigenvalue weighted by atomic mass is 9.97. The van der Waals surface area contributed by atoms with Crippen molar-refractivity contribution in [2.75, 3.05) is 6.61 Å². The molecule has 1 fully saturated rings. The molecule has 0 aromatic carbocycles. The molecule has 1 saturated heterocycles. The molecular formula is C7H15NO12S3. The first-order chi connectivity index (χ1) is 10.2. The first kappa shape index (κ1) is 20.6. The third-order valence-electron chi connectivity index (χ3n) is 2.74. The predicted octanol–water partition coefficient (Wildman–Crippen LogP) is -2.07. The number of rotatable bonds is 7. The normalized spacial score (nSPS) is 30.3. The molecule has 4 atom stereocenters. The zero-order chi connectivity index (χ0) is 18.1. The van der Waals surface area contributed by atoms with E-state index in [4.69, 9.17) is 18.4 Å². The van der Waals surface area contributed by atoms with Gasteiger partial charge in [-0.2, -0.15) is 30.0 Å². The summed E-state index contributed by atoms with van der Waals surface area (Å²) in [4.78, 5) is 0. The van der Waals surface area contributed by atoms with Gasteiger partial charge >= 0.3 is 31.1 Å². The molecule has 13 nitrogen and oxygen atoms in total. The van der Waals surface area contributed by atoms with Gasteiger partial charge in [0.2, 0.25) is 0 Å². The van der Waals surface area contributed by atoms with E-state index in [0.29, 0.717) is 0 Å². The zero-order valence-corrected chi connectivity index (χ0v) is 13.9. The van der Waals surface area contributed by atoms with Crippen molar-refractivity contribution < 1.29 is 52.0 Å². The Balaban J connectivity index is 2.93. The molecule has 4 unspecified atom stereocenters. The highest BCUT2D eigenvalue weighted by Crippen LogP contribution is 2.25. The Labute approximate surface area is 132 Å². The molecule has 0 aliphatic carbocycles. The van der Waals surface area contributed by atoms with Crippen molar-refractivity contribution in [2.24, 2.45) is 0 Å². The van der Waals surface area contributed by atoms with Crippen LogP contribution in [0, 0.1) is 0 Å². The van der Waals surface area contributed by atoms with E-state index in [2.05, 4.69) is 8.37 Å². The maximum absolute atomic E-state index is 10.9. The van der Waals surface area contributed by atoms with Gasteiger partial charge in [-0.05, 0) is 6.92 Å². The van der Waals surface area contributed by atoms with Crippen LogP contribution in [-0.2, 0) is 44.2 Å². The quantitative estimate of drug-likeness (QED) is 0.340. The largest absolute Gasteiger partial charge is 0.397 e. The summed E-state index contributed by atoms with van der Waals surface area (Å²) in [5.41, 5.74) is 0. The Morgan fingerprint density at radius 1 is 1.09 bits per heavy atom. The Hall–Kier alpha value is -0.430. The van der Waals surface area contributed by atoms with Crippen molar-refractivity contribution in [3.63, 3.8) is 0 Å². The van der Waals surface area contributed by atoms with Gasteiger partial charge in [-0.15, -0.1) is 0 Å². The average Bonchev–Trinajstić information content (AvgIpc) is 2.27. The first-order valence-electron chi connectivity index (χ1n) is 5.84. The molecule has 4 N–H and O–H groups in total. The molecule has 1 rings (SSSR count). The summed E-state index contributed by atoms with van der Waals surface area (Å²) in [6.45, 7) is 0.551. The molecule has 0 bridgehead atoms. The van der Waals surface area contributed by atoms with Crippen LogP contribution in [0.4, 0.5) is 0 Å². The van der Waals surface area contributed by atoms with Crippen molar-refractivity contribution in [3.8, 4) is 0 Å². The average molecular weight is 401 g/mol. The molecule has 138 valence electrons. The van der Waals surface area contributed by atoms with E-state index < -0.39 is 68.5 Å². The molecule has 1 aliphatic heterocycles. The molecule has 0 aromatic heterocycles. The van der Waals surface area contributed by atoms with Gasteiger partial charge in [0.25, 0.3) is 0 Å². The second kappa shape index (κ2) is 7.21. The Kier molecular flexibility index (Phi) is 6.47. The second-order valence-electron chi connectivity index (χ2n) is 4.59. The van der Waals surface area contributed by atoms with E-state index in [0.717, 1.165) is 0 Å². The summed E-state index contributed by atoms with van der Waals surface area (Å²) in [5, 5.41) is 0. The lowest BCUT2D eigenvalue weighted by Gasteiger charge is -2.38. The summed E-state index contributed by atoms with van der Waals surface area (Å²) >= 11 is 0. The van der Waals surface area contributed by atoms with Crippen LogP contribution in [0.15, 0.2) is 0 Å². The van der Waals surface area contributed by atoms with Crippen molar-refractivity contribution >= 4 is 31.1 Å². The van der Waals surface area contributed by atoms with Crippen LogP contribution in [0.2, 0.25) is 0 Å². The van der Waals surface area contributed by atoms with Gasteiger partial charge in [0.05, 0.1) is 24.9 Å². The standard InChI is InChI=1S/C7H15NO12S3/c1-4-7(8-21(9,10)11)6(20-23(15,16)17)2-5(19-4)3-18-22(12,13)14/h4-8H,2-3H2,1H3,(H,9,10,11)(H,12,13,14)(H,15,16,17). The Morgan fingerprint density at radius 2 is 1.65 bits per heavy atom. The number of hydrogen-bond acceptors (Lipinski definition) is 9. The highest BCUT2D eigenvalue weighted by molar-refractivity contribution is 7.83. The maximum atomic E-state index is 10.9. The summed E-state index contributed by atoms with van der Waals surface area (Å²) in [7, 11) is -14.5. The minimum Gasteiger partial charge on any atom is -0.371 e. The van der Waals surface area contributed by atoms with Crippen LogP contribution in [0.1, 0.15) is 13.3 Å². The van der Waals surface area contributed by atoms with Gasteiger partial charge in [0.15, 0.2) is 0 Å². The Bertz CT molecular complexity index is 712. The van der Waals surface area contributed by atoms with Gasteiger partial charge in [-0.3, -0.25) is 13.7 Å². The summed E-state index contributed by atoms with van der Waals surface area (Å²) in [5.74, 6) is 0. The SMILES string of the molecule is CC1OC(COS(=O)(=O)O)CC(OS(=O)(=O)O)C1NS(=O)(=O)O. The maximum Gasteiger partial charge on any atom is 0.397 e. The van der Waals surface area contributed by atoms with Crippen LogP contribution in [0.25, 0.3) is 0 Å². The molecule has 16 heteroatoms. The summed E-state index contributed by atoms with van der Waals surface area (Å²) < 4.78 is 106. The molecule has 1 aliphatic rings. The molecule has 0 spiro atoms. The van der Waals surface area contributed by atoms with Crippen LogP contribution in [-0.4, -0.2) is 69.9 Å². The molecular weight excluding hydrogens is 386 g/mol. The van der Waals surface area contributed by atoms with Gasteiger partial charge in [0, 0.05) is 6.42 Å². The van der Waals surface area contributed by atoms with Crippen LogP contribution < -0.4 is 4.72 Å². The third kappa shape index (κ3) is 8.29. The smallest absolute Gasteiger partial charge is 0.371 e. The van der Waals surface area contributed by atoms with Crippen molar-refractivity contribution in [3.05, 3.63) is 0 Å². The topological polar surface area (TPSA) is 203 Å². The highest BCUT2D eigenvalue weighted by Gasteiger charge is 2.41. The lowest BCUT2D eigenvalue weighted by molar-refractivity contribution is -0.111. The van der Waals surface area contributed by atoms with Crippen molar-refractivity contribution in [1.29, 1.82) is 0 Å². The minimum atomic E-state index is -4.98. The summed E-state index contributed by atoms with van der Waals surface area (Å²) in [6.07, 6.45) is -4.19. The number of hydrogen-bond donors (Lipinski definition) is 4. The third-order valence-corrected chi connectivity index (χ3v) is 4.24. The van der Waals surface area contributed by atoms with Crippen LogP contribution in [0.5, 0.6) is 0 Å². The molecule has 23 heavy (non-hydrogen) atoms. The summed E-state index contributed by atoms with van der Waals surface area (Å²) in [6, 6.07) is -1.41. The predicted molar refractivity (Wildman–Crippen MR) is 71.3 cm³/mol. The van der Waals surface area contributed by atoms with Crippen LogP contribution >= 0.6 is 0 Å². The fraction of sp³-hybridized carbons (Fsp3) is 1.00. The minimum absolute atomic E-state index is 0.438. The van der Waals surface area contributed by atoms with Gasteiger partial charge in [0.1, 0.15) is 6.10 Å². The van der Waals surface area contributed by atoms with Crippen molar-refractivity contribution in [1.82, 2.24) is 4.72 Å². The molecule has 0 saturated carbocycles. The van der Waals surface area contributed by atoms with E-state index in [1.807, 2.05) is 0 Å². The molecule has 0 radical (unpaired) electrons. The lowest BCUT2D eigenvalue weighted by Crippen LogP contribution is -2.57. The molecule has 0 amide bonds. The number of nitrogens with one attached hydrogen (secondary N) is 1. The number of ether oxygens (including phenoxy) is 1. The van der Waals surface area contributed by atoms with E-state index in [-0.39, 0.29) is 0 Å². The van der Waals surface area contributed by atoms with Gasteiger partial charge in [-0.1, -0.05) is 0 Å². The highest BCUT2D eigenvalue weighted by atomic mass is 32.3. The van der Waals surface area contributed by atoms with Gasteiger partial charge < -0.3 is 4.74 Å². The first-order valence-corrected chi connectivity index (χ1v) is 10.0. The molecule has 0 aromatic rings. The van der Waals surface area contributed by atoms with Crippen LogP contribution in [0.3, 0.4) is 0 Å². The van der Waals surface area contributed by atoms with E-state index in [1.165, 1.54) is 6.92 Å². The zero-order valence-electron chi connectivity index (χ0n) is 11.5. The fourth-order valence-electron chi connectivity index (χ4n) is 2.02. The van der Waals surface area contributed by atoms with Crippen molar-refractivity contribution in [2.45, 2.75) is 37.7 Å². The van der Waals surface area contributed by atoms with E-state index in [9.17, 15) is 25.3 Å². The second-order valence-corrected chi connectivity index (χ2v) is 7.92. The fourth-order valence-corrected chi connectivity index (χ4v) is 3.54.